The number of anilines is 2. The normalized spacial score (nSPS) is 14.3. The van der Waals surface area contributed by atoms with Crippen LogP contribution < -0.4 is 9.80 Å². The summed E-state index contributed by atoms with van der Waals surface area (Å²) in [5, 5.41) is 6.58. The first-order chi connectivity index (χ1) is 21.8. The van der Waals surface area contributed by atoms with Gasteiger partial charge in [0.15, 0.2) is 0 Å². The Kier molecular flexibility index (Phi) is 15.0. The van der Waals surface area contributed by atoms with Crippen LogP contribution in [0.25, 0.3) is 0 Å². The number of hydrogen-bond donors (Lipinski definition) is 0. The summed E-state index contributed by atoms with van der Waals surface area (Å²) in [7, 11) is 11.5. The Morgan fingerprint density at radius 3 is 1.23 bits per heavy atom. The van der Waals surface area contributed by atoms with Gasteiger partial charge in [-0.15, -0.1) is 0 Å². The quantitative estimate of drug-likeness (QED) is 0.150. The molecule has 270 valence electrons. The third-order valence-electron chi connectivity index (χ3n) is 8.20. The van der Waals surface area contributed by atoms with Crippen molar-refractivity contribution in [1.82, 2.24) is 0 Å². The zero-order valence-corrected chi connectivity index (χ0v) is 35.7. The second-order valence-electron chi connectivity index (χ2n) is 17.4. The molecule has 1 aliphatic rings. The molecular formula is C42H64Cl2N2ORu. The van der Waals surface area contributed by atoms with Gasteiger partial charge in [0.2, 0.25) is 0 Å². The first kappa shape index (κ1) is 42.5. The standard InChI is InChI=1S/C31H47N2.C8H8.C3H8O.2ClH.Ru/c1-28(2,3)22-15-23(29(4,5)6)18-26(17-22)32-13-14-33(21-32)27-19-24(30(7,8)9)16-25(20-27)31(10,11)12;1-7-5-3-4-6-8(7)2;1-3(2)4;;;/h15-21H,13-14H2,1-12H3;1,3-6H,2H3;3-4H,1-2H3;2*1H;/q-1;;;;;+2/p-1. The first-order valence-electron chi connectivity index (χ1n) is 17.1. The van der Waals surface area contributed by atoms with Crippen molar-refractivity contribution in [3.05, 3.63) is 101 Å². The van der Waals surface area contributed by atoms with E-state index in [9.17, 15) is 0 Å². The summed E-state index contributed by atoms with van der Waals surface area (Å²) in [6.07, 6.45) is 0.0833. The van der Waals surface area contributed by atoms with Crippen molar-refractivity contribution in [2.45, 2.75) is 132 Å². The van der Waals surface area contributed by atoms with E-state index in [4.69, 9.17) is 24.5 Å². The summed E-state index contributed by atoms with van der Waals surface area (Å²) in [6, 6.07) is 22.4. The Hall–Kier alpha value is -1.71. The second-order valence-corrected chi connectivity index (χ2v) is 23.1. The van der Waals surface area contributed by atoms with Crippen LogP contribution in [0.2, 0.25) is 0 Å². The van der Waals surface area contributed by atoms with Crippen LogP contribution in [0.1, 0.15) is 130 Å². The van der Waals surface area contributed by atoms with Gasteiger partial charge in [0.1, 0.15) is 6.10 Å². The topological polar surface area (TPSA) is 29.4 Å². The van der Waals surface area contributed by atoms with Crippen LogP contribution in [0.5, 0.6) is 0 Å². The number of halogens is 2. The van der Waals surface area contributed by atoms with Crippen molar-refractivity contribution in [2.24, 2.45) is 0 Å². The number of rotatable bonds is 3. The molecule has 1 heterocycles. The van der Waals surface area contributed by atoms with Gasteiger partial charge in [-0.05, 0) is 68.2 Å². The van der Waals surface area contributed by atoms with Gasteiger partial charge in [-0.25, -0.2) is 0 Å². The van der Waals surface area contributed by atoms with E-state index >= 15 is 0 Å². The van der Waals surface area contributed by atoms with Crippen LogP contribution in [0.15, 0.2) is 60.7 Å². The summed E-state index contributed by atoms with van der Waals surface area (Å²) in [4.78, 5) is 4.87. The van der Waals surface area contributed by atoms with Gasteiger partial charge in [0, 0.05) is 38.3 Å². The van der Waals surface area contributed by atoms with Gasteiger partial charge in [-0.1, -0.05) is 95.2 Å². The van der Waals surface area contributed by atoms with E-state index in [1.807, 2.05) is 36.7 Å². The molecule has 1 saturated heterocycles. The van der Waals surface area contributed by atoms with Crippen molar-refractivity contribution >= 4 is 35.4 Å². The van der Waals surface area contributed by atoms with Crippen LogP contribution in [-0.4, -0.2) is 28.9 Å². The number of benzene rings is 3. The number of aryl methyl sites for hydroxylation is 1. The molecule has 6 heteroatoms. The Morgan fingerprint density at radius 1 is 0.646 bits per heavy atom. The molecule has 3 nitrogen and oxygen atoms in total. The summed E-state index contributed by atoms with van der Waals surface area (Å²) in [5.41, 5.74) is 11.1. The molecule has 0 atom stereocenters. The molecule has 1 fully saturated rings. The van der Waals surface area contributed by atoms with Crippen molar-refractivity contribution in [3.63, 3.8) is 0 Å². The van der Waals surface area contributed by atoms with Gasteiger partial charge < -0.3 is 14.9 Å². The fourth-order valence-electron chi connectivity index (χ4n) is 4.96. The minimum absolute atomic E-state index is 0.0833. The molecule has 2 N–H and O–H groups in total. The van der Waals surface area contributed by atoms with Crippen LogP contribution in [-0.2, 0) is 35.2 Å². The van der Waals surface area contributed by atoms with E-state index in [0.717, 1.165) is 18.7 Å². The summed E-state index contributed by atoms with van der Waals surface area (Å²) < 4.78 is 1.96. The SMILES string of the molecule is CC(C)(C)c1cc(N2[CH-]N(c3cc(C(C)(C)C)cc(C(C)(C)C)c3)CC2)cc(C(C)(C)C)c1.CC(C)[OH2+].Cc1ccccc1[CH]=[Ru]([Cl])[Cl]. The van der Waals surface area contributed by atoms with Crippen LogP contribution >= 0.6 is 19.4 Å². The monoisotopic (exact) mass is 784 g/mol. The molecule has 48 heavy (non-hydrogen) atoms. The van der Waals surface area contributed by atoms with Crippen molar-refractivity contribution in [2.75, 3.05) is 22.9 Å². The third kappa shape index (κ3) is 13.5. The van der Waals surface area contributed by atoms with Gasteiger partial charge >= 0.3 is 79.8 Å². The Balaban J connectivity index is 0.000000441. The van der Waals surface area contributed by atoms with Gasteiger partial charge in [0.05, 0.1) is 0 Å². The maximum atomic E-state index is 6.58. The van der Waals surface area contributed by atoms with E-state index < -0.39 is 13.5 Å². The number of hydrogen-bond acceptors (Lipinski definition) is 2. The Morgan fingerprint density at radius 2 is 0.958 bits per heavy atom. The van der Waals surface area contributed by atoms with Gasteiger partial charge in [-0.3, -0.25) is 0 Å². The molecule has 0 aromatic heterocycles. The average Bonchev–Trinajstić information content (AvgIpc) is 3.42. The van der Waals surface area contributed by atoms with Crippen molar-refractivity contribution < 1.29 is 18.6 Å². The average molecular weight is 785 g/mol. The molecular weight excluding hydrogens is 720 g/mol. The summed E-state index contributed by atoms with van der Waals surface area (Å²) in [5.74, 6) is 0. The molecule has 0 saturated carbocycles. The molecule has 0 unspecified atom stereocenters. The first-order valence-corrected chi connectivity index (χ1v) is 22.6. The van der Waals surface area contributed by atoms with Crippen LogP contribution in [0.4, 0.5) is 11.4 Å². The van der Waals surface area contributed by atoms with Crippen molar-refractivity contribution in [1.29, 1.82) is 0 Å². The van der Waals surface area contributed by atoms with Crippen LogP contribution in [0.3, 0.4) is 0 Å². The van der Waals surface area contributed by atoms with Crippen LogP contribution in [0, 0.1) is 13.6 Å². The third-order valence-corrected chi connectivity index (χ3v) is 10.0. The molecule has 0 aliphatic carbocycles. The molecule has 3 aromatic carbocycles. The predicted molar refractivity (Wildman–Crippen MR) is 213 cm³/mol. The van der Waals surface area contributed by atoms with Crippen molar-refractivity contribution in [3.8, 4) is 0 Å². The predicted octanol–water partition coefficient (Wildman–Crippen LogP) is 11.5. The van der Waals surface area contributed by atoms with Gasteiger partial charge in [-0.2, -0.15) is 6.67 Å². The van der Waals surface area contributed by atoms with E-state index in [0.29, 0.717) is 0 Å². The fourth-order valence-corrected chi connectivity index (χ4v) is 6.92. The molecule has 3 aromatic rings. The Bertz CT molecular complexity index is 1370. The Labute approximate surface area is 307 Å². The minimum atomic E-state index is -1.64. The zero-order chi connectivity index (χ0) is 36.8. The molecule has 0 spiro atoms. The zero-order valence-electron chi connectivity index (χ0n) is 32.4. The molecule has 4 rings (SSSR count). The van der Waals surface area contributed by atoms with E-state index in [1.165, 1.54) is 39.2 Å². The molecule has 0 amide bonds. The van der Waals surface area contributed by atoms with Gasteiger partial charge in [0.25, 0.3) is 0 Å². The summed E-state index contributed by atoms with van der Waals surface area (Å²) >= 11 is -1.64. The molecule has 1 aliphatic heterocycles. The molecule has 0 bridgehead atoms. The van der Waals surface area contributed by atoms with E-state index in [1.54, 1.807) is 0 Å². The second kappa shape index (κ2) is 17.0. The fraction of sp³-hybridized carbons (Fsp3) is 0.524. The maximum absolute atomic E-state index is 6.58. The number of nitrogens with zero attached hydrogens (tertiary/aromatic N) is 2. The van der Waals surface area contributed by atoms with E-state index in [-0.39, 0.29) is 27.8 Å². The van der Waals surface area contributed by atoms with E-state index in [2.05, 4.69) is 149 Å². The summed E-state index contributed by atoms with van der Waals surface area (Å²) in [6.45, 7) is 37.8. The molecule has 0 radical (unpaired) electrons.